The van der Waals surface area contributed by atoms with Crippen molar-refractivity contribution in [3.8, 4) is 17.9 Å². The maximum absolute atomic E-state index is 11.4. The third kappa shape index (κ3) is 4.93. The van der Waals surface area contributed by atoms with Gasteiger partial charge in [-0.05, 0) is 63.9 Å². The maximum atomic E-state index is 11.4. The summed E-state index contributed by atoms with van der Waals surface area (Å²) < 4.78 is 5.17. The SMILES string of the molecule is C=CC(=O)Oc1ccc2cc(/C=C/C3=CC(=C(C#N)C#N)CC(C)(C)C3)ccc2c1. The fourth-order valence-electron chi connectivity index (χ4n) is 3.66. The van der Waals surface area contributed by atoms with E-state index in [1.165, 1.54) is 0 Å². The van der Waals surface area contributed by atoms with Gasteiger partial charge in [-0.3, -0.25) is 0 Å². The van der Waals surface area contributed by atoms with Gasteiger partial charge in [0.05, 0.1) is 0 Å². The van der Waals surface area contributed by atoms with E-state index in [4.69, 9.17) is 4.74 Å². The van der Waals surface area contributed by atoms with Gasteiger partial charge in [-0.2, -0.15) is 10.5 Å². The van der Waals surface area contributed by atoms with Crippen LogP contribution in [0.2, 0.25) is 0 Å². The summed E-state index contributed by atoms with van der Waals surface area (Å²) in [4.78, 5) is 11.4. The Morgan fingerprint density at radius 3 is 2.47 bits per heavy atom. The molecule has 0 spiro atoms. The zero-order valence-electron chi connectivity index (χ0n) is 17.1. The van der Waals surface area contributed by atoms with Crippen LogP contribution >= 0.6 is 0 Å². The lowest BCUT2D eigenvalue weighted by Gasteiger charge is -2.30. The van der Waals surface area contributed by atoms with Crippen LogP contribution in [0.15, 0.2) is 77.9 Å². The first-order valence-electron chi connectivity index (χ1n) is 9.63. The quantitative estimate of drug-likeness (QED) is 0.274. The van der Waals surface area contributed by atoms with E-state index in [2.05, 4.69) is 32.6 Å². The van der Waals surface area contributed by atoms with Crippen molar-refractivity contribution in [2.24, 2.45) is 5.41 Å². The predicted octanol–water partition coefficient (Wildman–Crippen LogP) is 6.03. The molecule has 0 aromatic heterocycles. The van der Waals surface area contributed by atoms with Crippen LogP contribution in [-0.4, -0.2) is 5.97 Å². The van der Waals surface area contributed by atoms with E-state index in [1.807, 2.05) is 48.6 Å². The first-order valence-corrected chi connectivity index (χ1v) is 9.63. The van der Waals surface area contributed by atoms with Crippen LogP contribution < -0.4 is 4.74 Å². The Morgan fingerprint density at radius 2 is 1.77 bits per heavy atom. The molecule has 0 radical (unpaired) electrons. The number of rotatable bonds is 4. The van der Waals surface area contributed by atoms with Gasteiger partial charge in [0.2, 0.25) is 0 Å². The second kappa shape index (κ2) is 8.64. The summed E-state index contributed by atoms with van der Waals surface area (Å²) in [5.41, 5.74) is 3.11. The highest BCUT2D eigenvalue weighted by molar-refractivity contribution is 5.88. The molecule has 0 atom stereocenters. The number of hydrogen-bond donors (Lipinski definition) is 0. The normalized spacial score (nSPS) is 15.2. The number of allylic oxidation sites excluding steroid dienone is 5. The lowest BCUT2D eigenvalue weighted by atomic mass is 9.74. The van der Waals surface area contributed by atoms with Crippen molar-refractivity contribution in [3.63, 3.8) is 0 Å². The third-order valence-corrected chi connectivity index (χ3v) is 4.97. The largest absolute Gasteiger partial charge is 0.423 e. The van der Waals surface area contributed by atoms with E-state index in [0.29, 0.717) is 5.75 Å². The molecule has 0 N–H and O–H groups in total. The molecule has 4 heteroatoms. The summed E-state index contributed by atoms with van der Waals surface area (Å²) in [6.07, 6.45) is 8.78. The number of hydrogen-bond acceptors (Lipinski definition) is 4. The van der Waals surface area contributed by atoms with Gasteiger partial charge < -0.3 is 4.74 Å². The minimum Gasteiger partial charge on any atom is -0.423 e. The fraction of sp³-hybridized carbons (Fsp3) is 0.192. The number of carbonyl (C=O) groups is 1. The standard InChI is InChI=1S/C26H22N2O2/c1-4-25(29)30-24-10-9-20-11-18(7-8-21(20)13-24)5-6-19-12-22(23(16-27)17-28)15-26(2,3)14-19/h4-13H,1,14-15H2,2-3H3/b6-5+. The van der Waals surface area contributed by atoms with Crippen LogP contribution in [0.5, 0.6) is 5.75 Å². The van der Waals surface area contributed by atoms with Crippen LogP contribution in [0.25, 0.3) is 16.8 Å². The smallest absolute Gasteiger partial charge is 0.335 e. The van der Waals surface area contributed by atoms with Crippen molar-refractivity contribution in [1.29, 1.82) is 10.5 Å². The third-order valence-electron chi connectivity index (χ3n) is 4.97. The highest BCUT2D eigenvalue weighted by Crippen LogP contribution is 2.39. The monoisotopic (exact) mass is 394 g/mol. The number of benzene rings is 2. The Morgan fingerprint density at radius 1 is 1.07 bits per heavy atom. The van der Waals surface area contributed by atoms with Crippen LogP contribution in [0.4, 0.5) is 0 Å². The minimum atomic E-state index is -0.484. The highest BCUT2D eigenvalue weighted by atomic mass is 16.5. The van der Waals surface area contributed by atoms with Gasteiger partial charge in [0.15, 0.2) is 0 Å². The van der Waals surface area contributed by atoms with Gasteiger partial charge in [0.25, 0.3) is 0 Å². The fourth-order valence-corrected chi connectivity index (χ4v) is 3.66. The number of carbonyl (C=O) groups excluding carboxylic acids is 1. The Kier molecular flexibility index (Phi) is 6.00. The highest BCUT2D eigenvalue weighted by Gasteiger charge is 2.26. The van der Waals surface area contributed by atoms with Gasteiger partial charge in [0.1, 0.15) is 23.5 Å². The molecule has 0 saturated heterocycles. The predicted molar refractivity (Wildman–Crippen MR) is 118 cm³/mol. The average molecular weight is 394 g/mol. The van der Waals surface area contributed by atoms with E-state index in [1.54, 1.807) is 6.07 Å². The second-order valence-electron chi connectivity index (χ2n) is 8.09. The maximum Gasteiger partial charge on any atom is 0.335 e. The molecule has 4 nitrogen and oxygen atoms in total. The van der Waals surface area contributed by atoms with Crippen molar-refractivity contribution in [1.82, 2.24) is 0 Å². The zero-order chi connectivity index (χ0) is 21.7. The molecular weight excluding hydrogens is 372 g/mol. The summed E-state index contributed by atoms with van der Waals surface area (Å²) >= 11 is 0. The Labute approximate surface area is 176 Å². The van der Waals surface area contributed by atoms with Crippen molar-refractivity contribution in [3.05, 3.63) is 83.5 Å². The summed E-state index contributed by atoms with van der Waals surface area (Å²) in [6.45, 7) is 7.69. The van der Waals surface area contributed by atoms with E-state index in [-0.39, 0.29) is 11.0 Å². The van der Waals surface area contributed by atoms with Gasteiger partial charge >= 0.3 is 5.97 Å². The lowest BCUT2D eigenvalue weighted by molar-refractivity contribution is -0.128. The Balaban J connectivity index is 1.88. The van der Waals surface area contributed by atoms with Crippen LogP contribution in [0, 0.1) is 28.1 Å². The van der Waals surface area contributed by atoms with Gasteiger partial charge in [-0.15, -0.1) is 0 Å². The molecule has 1 aliphatic rings. The Hall–Kier alpha value is -3.89. The summed E-state index contributed by atoms with van der Waals surface area (Å²) in [5.74, 6) is -0.00246. The van der Waals surface area contributed by atoms with Gasteiger partial charge in [-0.25, -0.2) is 4.79 Å². The summed E-state index contributed by atoms with van der Waals surface area (Å²) in [6, 6.07) is 15.5. The number of esters is 1. The van der Waals surface area contributed by atoms with Gasteiger partial charge in [0, 0.05) is 6.08 Å². The van der Waals surface area contributed by atoms with E-state index >= 15 is 0 Å². The molecule has 0 amide bonds. The van der Waals surface area contributed by atoms with Crippen molar-refractivity contribution >= 4 is 22.8 Å². The lowest BCUT2D eigenvalue weighted by Crippen LogP contribution is -2.17. The molecule has 148 valence electrons. The molecule has 0 aliphatic heterocycles. The molecule has 2 aromatic carbocycles. The number of fused-ring (bicyclic) bond motifs is 1. The van der Waals surface area contributed by atoms with Crippen molar-refractivity contribution in [2.75, 3.05) is 0 Å². The Bertz CT molecular complexity index is 1180. The molecule has 0 unspecified atom stereocenters. The summed E-state index contributed by atoms with van der Waals surface area (Å²) in [5, 5.41) is 20.4. The second-order valence-corrected chi connectivity index (χ2v) is 8.09. The first-order chi connectivity index (χ1) is 14.3. The van der Waals surface area contributed by atoms with Crippen molar-refractivity contribution in [2.45, 2.75) is 26.7 Å². The molecule has 0 saturated carbocycles. The molecule has 1 aliphatic carbocycles. The minimum absolute atomic E-state index is 0.00857. The molecule has 30 heavy (non-hydrogen) atoms. The zero-order valence-corrected chi connectivity index (χ0v) is 17.1. The molecule has 0 fully saturated rings. The van der Waals surface area contributed by atoms with E-state index in [9.17, 15) is 15.3 Å². The first kappa shape index (κ1) is 20.8. The van der Waals surface area contributed by atoms with E-state index in [0.717, 1.165) is 46.4 Å². The number of nitrogens with zero attached hydrogens (tertiary/aromatic N) is 2. The number of nitriles is 2. The van der Waals surface area contributed by atoms with Crippen LogP contribution in [0.3, 0.4) is 0 Å². The van der Waals surface area contributed by atoms with Gasteiger partial charge in [-0.1, -0.05) is 56.9 Å². The van der Waals surface area contributed by atoms with Crippen LogP contribution in [-0.2, 0) is 4.79 Å². The van der Waals surface area contributed by atoms with Crippen LogP contribution in [0.1, 0.15) is 32.3 Å². The average Bonchev–Trinajstić information content (AvgIpc) is 2.72. The molecular formula is C26H22N2O2. The van der Waals surface area contributed by atoms with E-state index < -0.39 is 5.97 Å². The molecule has 2 aromatic rings. The van der Waals surface area contributed by atoms with Crippen molar-refractivity contribution < 1.29 is 9.53 Å². The molecule has 3 rings (SSSR count). The topological polar surface area (TPSA) is 73.9 Å². The molecule has 0 heterocycles. The number of ether oxygens (including phenoxy) is 1. The molecule has 0 bridgehead atoms. The summed E-state index contributed by atoms with van der Waals surface area (Å²) in [7, 11) is 0.